The fourth-order valence-electron chi connectivity index (χ4n) is 4.00. The lowest BCUT2D eigenvalue weighted by molar-refractivity contribution is 0.0896. The van der Waals surface area contributed by atoms with Crippen LogP contribution in [0.2, 0.25) is 0 Å². The van der Waals surface area contributed by atoms with Crippen LogP contribution in [0.15, 0.2) is 41.3 Å². The highest BCUT2D eigenvalue weighted by Crippen LogP contribution is 2.41. The minimum Gasteiger partial charge on any atom is -0.472 e. The van der Waals surface area contributed by atoms with Crippen LogP contribution >= 0.6 is 0 Å². The molecule has 0 aromatic carbocycles. The van der Waals surface area contributed by atoms with Gasteiger partial charge in [-0.25, -0.2) is 0 Å². The van der Waals surface area contributed by atoms with Crippen molar-refractivity contribution in [2.24, 2.45) is 18.4 Å². The Morgan fingerprint density at radius 2 is 2.38 bits per heavy atom. The third kappa shape index (κ3) is 2.76. The number of hydrogen-bond donors (Lipinski definition) is 1. The van der Waals surface area contributed by atoms with E-state index < -0.39 is 0 Å². The van der Waals surface area contributed by atoms with Gasteiger partial charge in [-0.2, -0.15) is 0 Å². The minimum atomic E-state index is -0.0178. The fourth-order valence-corrected chi connectivity index (χ4v) is 4.00. The van der Waals surface area contributed by atoms with Crippen LogP contribution in [-0.4, -0.2) is 48.2 Å². The van der Waals surface area contributed by atoms with Gasteiger partial charge in [0.25, 0.3) is 5.91 Å². The summed E-state index contributed by atoms with van der Waals surface area (Å²) >= 11 is 0. The average molecular weight is 329 g/mol. The lowest BCUT2D eigenvalue weighted by Gasteiger charge is -2.27. The molecule has 0 radical (unpaired) electrons. The molecule has 2 atom stereocenters. The second-order valence-corrected chi connectivity index (χ2v) is 7.06. The Balaban J connectivity index is 1.41. The van der Waals surface area contributed by atoms with Gasteiger partial charge in [0.2, 0.25) is 0 Å². The molecule has 0 unspecified atom stereocenters. The molecule has 2 fully saturated rings. The predicted molar refractivity (Wildman–Crippen MR) is 88.5 cm³/mol. The molecule has 24 heavy (non-hydrogen) atoms. The van der Waals surface area contributed by atoms with Crippen molar-refractivity contribution < 1.29 is 13.9 Å². The Morgan fingerprint density at radius 1 is 1.46 bits per heavy atom. The van der Waals surface area contributed by atoms with E-state index in [4.69, 9.17) is 9.15 Å². The molecule has 1 amide bonds. The maximum Gasteiger partial charge on any atom is 0.267 e. The SMILES string of the molecule is Cn1cccc1C(=O)NC[C@]12COC[C@H]1CN(Cc1ccoc1)C2. The topological polar surface area (TPSA) is 59.6 Å². The smallest absolute Gasteiger partial charge is 0.267 e. The first-order valence-electron chi connectivity index (χ1n) is 8.37. The molecule has 4 heterocycles. The summed E-state index contributed by atoms with van der Waals surface area (Å²) in [6, 6.07) is 5.74. The summed E-state index contributed by atoms with van der Waals surface area (Å²) in [6.07, 6.45) is 5.40. The lowest BCUT2D eigenvalue weighted by atomic mass is 9.81. The van der Waals surface area contributed by atoms with Gasteiger partial charge in [0.1, 0.15) is 5.69 Å². The Kier molecular flexibility index (Phi) is 3.94. The van der Waals surface area contributed by atoms with Crippen molar-refractivity contribution in [2.45, 2.75) is 6.54 Å². The summed E-state index contributed by atoms with van der Waals surface area (Å²) in [5.41, 5.74) is 1.90. The van der Waals surface area contributed by atoms with Gasteiger partial charge in [-0.15, -0.1) is 0 Å². The normalized spacial score (nSPS) is 26.6. The number of fused-ring (bicyclic) bond motifs is 1. The first-order chi connectivity index (χ1) is 11.7. The molecule has 2 aromatic rings. The molecule has 128 valence electrons. The molecule has 2 aromatic heterocycles. The van der Waals surface area contributed by atoms with E-state index in [0.717, 1.165) is 26.2 Å². The molecule has 6 nitrogen and oxygen atoms in total. The second kappa shape index (κ2) is 6.11. The number of amides is 1. The molecular weight excluding hydrogens is 306 g/mol. The van der Waals surface area contributed by atoms with Crippen LogP contribution in [-0.2, 0) is 18.3 Å². The van der Waals surface area contributed by atoms with Gasteiger partial charge in [0.15, 0.2) is 0 Å². The Bertz CT molecular complexity index is 709. The first-order valence-corrected chi connectivity index (χ1v) is 8.37. The van der Waals surface area contributed by atoms with Gasteiger partial charge in [-0.05, 0) is 18.2 Å². The number of nitrogens with zero attached hydrogens (tertiary/aromatic N) is 2. The van der Waals surface area contributed by atoms with Gasteiger partial charge in [-0.1, -0.05) is 0 Å². The summed E-state index contributed by atoms with van der Waals surface area (Å²) in [5.74, 6) is 0.453. The van der Waals surface area contributed by atoms with Crippen molar-refractivity contribution in [3.8, 4) is 0 Å². The predicted octanol–water partition coefficient (Wildman–Crippen LogP) is 1.50. The molecule has 4 rings (SSSR count). The summed E-state index contributed by atoms with van der Waals surface area (Å²) in [7, 11) is 1.89. The molecule has 6 heteroatoms. The molecule has 0 bridgehead atoms. The molecule has 2 saturated heterocycles. The van der Waals surface area contributed by atoms with E-state index in [2.05, 4.69) is 10.2 Å². The number of likely N-dealkylation sites (tertiary alicyclic amines) is 1. The lowest BCUT2D eigenvalue weighted by Crippen LogP contribution is -2.43. The van der Waals surface area contributed by atoms with Gasteiger partial charge in [0, 0.05) is 56.3 Å². The van der Waals surface area contributed by atoms with Crippen molar-refractivity contribution in [2.75, 3.05) is 32.8 Å². The highest BCUT2D eigenvalue weighted by Gasteiger charge is 2.50. The Labute approximate surface area is 141 Å². The van der Waals surface area contributed by atoms with Crippen LogP contribution in [0.1, 0.15) is 16.1 Å². The van der Waals surface area contributed by atoms with E-state index >= 15 is 0 Å². The number of aromatic nitrogens is 1. The van der Waals surface area contributed by atoms with Crippen LogP contribution in [0.25, 0.3) is 0 Å². The Hall–Kier alpha value is -2.05. The molecule has 0 aliphatic carbocycles. The van der Waals surface area contributed by atoms with E-state index in [0.29, 0.717) is 24.8 Å². The number of furan rings is 1. The van der Waals surface area contributed by atoms with Crippen molar-refractivity contribution in [3.05, 3.63) is 48.2 Å². The molecule has 0 saturated carbocycles. The summed E-state index contributed by atoms with van der Waals surface area (Å²) < 4.78 is 12.8. The minimum absolute atomic E-state index is 0.0178. The molecular formula is C18H23N3O3. The van der Waals surface area contributed by atoms with Crippen LogP contribution in [0.4, 0.5) is 0 Å². The number of ether oxygens (including phenoxy) is 1. The zero-order chi connectivity index (χ0) is 16.6. The van der Waals surface area contributed by atoms with Crippen molar-refractivity contribution in [1.82, 2.24) is 14.8 Å². The summed E-state index contributed by atoms with van der Waals surface area (Å²) in [6.45, 7) is 4.99. The van der Waals surface area contributed by atoms with Gasteiger partial charge in [0.05, 0.1) is 25.7 Å². The van der Waals surface area contributed by atoms with Crippen LogP contribution < -0.4 is 5.32 Å². The van der Waals surface area contributed by atoms with Crippen LogP contribution in [0.3, 0.4) is 0 Å². The molecule has 2 aliphatic rings. The van der Waals surface area contributed by atoms with Crippen molar-refractivity contribution in [1.29, 1.82) is 0 Å². The molecule has 0 spiro atoms. The zero-order valence-electron chi connectivity index (χ0n) is 13.9. The number of aryl methyl sites for hydroxylation is 1. The number of nitrogens with one attached hydrogen (secondary N) is 1. The van der Waals surface area contributed by atoms with E-state index in [1.165, 1.54) is 5.56 Å². The standard InChI is InChI=1S/C18H23N3O3/c1-20-5-2-3-16(20)17(22)19-11-18-12-21(7-14-4-6-23-9-14)8-15(18)10-24-13-18/h2-6,9,15H,7-8,10-13H2,1H3,(H,19,22)/t15-,18+/m1/s1. The fraction of sp³-hybridized carbons (Fsp3) is 0.500. The van der Waals surface area contributed by atoms with E-state index in [1.54, 1.807) is 12.5 Å². The quantitative estimate of drug-likeness (QED) is 0.903. The van der Waals surface area contributed by atoms with E-state index in [1.807, 2.05) is 36.0 Å². The zero-order valence-corrected chi connectivity index (χ0v) is 13.9. The second-order valence-electron chi connectivity index (χ2n) is 7.06. The monoisotopic (exact) mass is 329 g/mol. The third-order valence-electron chi connectivity index (χ3n) is 5.36. The van der Waals surface area contributed by atoms with Crippen molar-refractivity contribution >= 4 is 5.91 Å². The average Bonchev–Trinajstić information content (AvgIpc) is 3.30. The summed E-state index contributed by atoms with van der Waals surface area (Å²) in [4.78, 5) is 14.8. The Morgan fingerprint density at radius 3 is 3.12 bits per heavy atom. The van der Waals surface area contributed by atoms with Crippen LogP contribution in [0.5, 0.6) is 0 Å². The summed E-state index contributed by atoms with van der Waals surface area (Å²) in [5, 5.41) is 3.12. The van der Waals surface area contributed by atoms with E-state index in [9.17, 15) is 4.79 Å². The number of carbonyl (C=O) groups is 1. The largest absolute Gasteiger partial charge is 0.472 e. The van der Waals surface area contributed by atoms with Crippen LogP contribution in [0, 0.1) is 11.3 Å². The maximum absolute atomic E-state index is 12.4. The van der Waals surface area contributed by atoms with Gasteiger partial charge < -0.3 is 19.0 Å². The number of carbonyl (C=O) groups excluding carboxylic acids is 1. The number of hydrogen-bond acceptors (Lipinski definition) is 4. The third-order valence-corrected chi connectivity index (χ3v) is 5.36. The molecule has 2 aliphatic heterocycles. The highest BCUT2D eigenvalue weighted by atomic mass is 16.5. The first kappa shape index (κ1) is 15.5. The maximum atomic E-state index is 12.4. The van der Waals surface area contributed by atoms with Gasteiger partial charge >= 0.3 is 0 Å². The molecule has 1 N–H and O–H groups in total. The van der Waals surface area contributed by atoms with Crippen molar-refractivity contribution in [3.63, 3.8) is 0 Å². The van der Waals surface area contributed by atoms with Gasteiger partial charge in [-0.3, -0.25) is 9.69 Å². The highest BCUT2D eigenvalue weighted by molar-refractivity contribution is 5.92. The number of rotatable bonds is 5. The van der Waals surface area contributed by atoms with E-state index in [-0.39, 0.29) is 11.3 Å².